The molecule has 0 amide bonds. The summed E-state index contributed by atoms with van der Waals surface area (Å²) in [5.41, 5.74) is 0.238. The number of likely N-dealkylation sites (N-methyl/N-ethyl adjacent to an activating group) is 1. The standard InChI is InChI=1S/C15H18FN5O2/c1-8-11(16)12-10-13(17-8)20(3)15(22)18-14(10)21-5-4-19(2)6-9(21)7-23-12/h9H,4-7H2,1-3H3. The number of hydrogen-bond donors (Lipinski definition) is 0. The van der Waals surface area contributed by atoms with Crippen LogP contribution in [0.3, 0.4) is 0 Å². The van der Waals surface area contributed by atoms with Crippen LogP contribution in [0.25, 0.3) is 11.0 Å². The number of ether oxygens (including phenoxy) is 1. The highest BCUT2D eigenvalue weighted by Crippen LogP contribution is 2.38. The largest absolute Gasteiger partial charge is 0.487 e. The van der Waals surface area contributed by atoms with E-state index in [9.17, 15) is 9.18 Å². The van der Waals surface area contributed by atoms with E-state index in [1.165, 1.54) is 4.57 Å². The molecule has 0 spiro atoms. The second-order valence-corrected chi connectivity index (χ2v) is 6.24. The quantitative estimate of drug-likeness (QED) is 0.695. The smallest absolute Gasteiger partial charge is 0.350 e. The van der Waals surface area contributed by atoms with E-state index < -0.39 is 11.5 Å². The van der Waals surface area contributed by atoms with Gasteiger partial charge in [0, 0.05) is 26.7 Å². The third-order valence-corrected chi connectivity index (χ3v) is 4.65. The molecular formula is C15H18FN5O2. The maximum absolute atomic E-state index is 14.6. The van der Waals surface area contributed by atoms with Gasteiger partial charge in [-0.2, -0.15) is 4.98 Å². The molecule has 2 aromatic rings. The monoisotopic (exact) mass is 319 g/mol. The Hall–Kier alpha value is -2.22. The third kappa shape index (κ3) is 2.01. The van der Waals surface area contributed by atoms with Gasteiger partial charge in [0.15, 0.2) is 17.2 Å². The van der Waals surface area contributed by atoms with Gasteiger partial charge < -0.3 is 14.5 Å². The fourth-order valence-corrected chi connectivity index (χ4v) is 3.35. The summed E-state index contributed by atoms with van der Waals surface area (Å²) < 4.78 is 21.7. The molecule has 0 saturated carbocycles. The molecule has 2 aliphatic heterocycles. The van der Waals surface area contributed by atoms with Crippen molar-refractivity contribution in [3.8, 4) is 5.75 Å². The summed E-state index contributed by atoms with van der Waals surface area (Å²) in [7, 11) is 3.63. The van der Waals surface area contributed by atoms with Crippen LogP contribution in [0.2, 0.25) is 0 Å². The molecule has 0 aliphatic carbocycles. The third-order valence-electron chi connectivity index (χ3n) is 4.65. The van der Waals surface area contributed by atoms with Gasteiger partial charge in [0.2, 0.25) is 0 Å². The molecule has 1 atom stereocenters. The number of hydrogen-bond acceptors (Lipinski definition) is 6. The lowest BCUT2D eigenvalue weighted by Crippen LogP contribution is -2.54. The van der Waals surface area contributed by atoms with Crippen LogP contribution in [0.4, 0.5) is 10.2 Å². The van der Waals surface area contributed by atoms with Gasteiger partial charge >= 0.3 is 5.69 Å². The zero-order valence-corrected chi connectivity index (χ0v) is 13.3. The van der Waals surface area contributed by atoms with Crippen LogP contribution in [0.15, 0.2) is 4.79 Å². The van der Waals surface area contributed by atoms with Crippen molar-refractivity contribution in [2.75, 3.05) is 38.2 Å². The molecule has 4 rings (SSSR count). The summed E-state index contributed by atoms with van der Waals surface area (Å²) >= 11 is 0. The van der Waals surface area contributed by atoms with Crippen LogP contribution in [-0.4, -0.2) is 58.8 Å². The van der Waals surface area contributed by atoms with E-state index >= 15 is 0 Å². The first-order valence-electron chi connectivity index (χ1n) is 7.62. The van der Waals surface area contributed by atoms with Crippen molar-refractivity contribution in [2.24, 2.45) is 7.05 Å². The van der Waals surface area contributed by atoms with E-state index in [4.69, 9.17) is 4.74 Å². The van der Waals surface area contributed by atoms with Crippen molar-refractivity contribution >= 4 is 16.9 Å². The van der Waals surface area contributed by atoms with Crippen LogP contribution in [-0.2, 0) is 7.05 Å². The van der Waals surface area contributed by atoms with E-state index in [0.29, 0.717) is 30.0 Å². The molecule has 1 unspecified atom stereocenters. The van der Waals surface area contributed by atoms with Crippen LogP contribution in [0, 0.1) is 12.7 Å². The molecule has 1 fully saturated rings. The topological polar surface area (TPSA) is 63.5 Å². The summed E-state index contributed by atoms with van der Waals surface area (Å²) in [6.45, 7) is 4.28. The minimum atomic E-state index is -0.479. The van der Waals surface area contributed by atoms with Crippen molar-refractivity contribution in [3.05, 3.63) is 22.0 Å². The molecule has 2 aromatic heterocycles. The molecular weight excluding hydrogens is 301 g/mol. The lowest BCUT2D eigenvalue weighted by molar-refractivity contribution is 0.204. The molecule has 1 saturated heterocycles. The zero-order valence-electron chi connectivity index (χ0n) is 13.3. The average Bonchev–Trinajstić information content (AvgIpc) is 2.67. The van der Waals surface area contributed by atoms with Crippen molar-refractivity contribution in [2.45, 2.75) is 13.0 Å². The van der Waals surface area contributed by atoms with Gasteiger partial charge in [-0.15, -0.1) is 0 Å². The second-order valence-electron chi connectivity index (χ2n) is 6.24. The first kappa shape index (κ1) is 14.4. The fourth-order valence-electron chi connectivity index (χ4n) is 3.35. The normalized spacial score (nSPS) is 21.0. The van der Waals surface area contributed by atoms with Crippen LogP contribution in [0.5, 0.6) is 5.75 Å². The van der Waals surface area contributed by atoms with Crippen molar-refractivity contribution in [1.82, 2.24) is 19.4 Å². The molecule has 7 nitrogen and oxygen atoms in total. The Morgan fingerprint density at radius 2 is 2.04 bits per heavy atom. The number of nitrogens with zero attached hydrogens (tertiary/aromatic N) is 5. The van der Waals surface area contributed by atoms with Gasteiger partial charge in [-0.05, 0) is 14.0 Å². The average molecular weight is 319 g/mol. The summed E-state index contributed by atoms with van der Waals surface area (Å²) in [6.07, 6.45) is 0. The molecule has 4 heterocycles. The Morgan fingerprint density at radius 3 is 2.83 bits per heavy atom. The van der Waals surface area contributed by atoms with E-state index in [1.807, 2.05) is 7.05 Å². The number of rotatable bonds is 0. The number of halogens is 1. The number of fused-ring (bicyclic) bond motifs is 2. The van der Waals surface area contributed by atoms with E-state index in [2.05, 4.69) is 19.8 Å². The van der Waals surface area contributed by atoms with Crippen LogP contribution >= 0.6 is 0 Å². The summed E-state index contributed by atoms with van der Waals surface area (Å²) in [6, 6.07) is 0.0312. The summed E-state index contributed by atoms with van der Waals surface area (Å²) in [5, 5.41) is 0.488. The molecule has 0 aromatic carbocycles. The van der Waals surface area contributed by atoms with Crippen molar-refractivity contribution in [1.29, 1.82) is 0 Å². The number of anilines is 1. The number of aromatic nitrogens is 3. The van der Waals surface area contributed by atoms with Gasteiger partial charge in [0.05, 0.1) is 11.7 Å². The van der Waals surface area contributed by atoms with Gasteiger partial charge in [-0.3, -0.25) is 4.57 Å². The Labute approximate surface area is 132 Å². The molecule has 23 heavy (non-hydrogen) atoms. The summed E-state index contributed by atoms with van der Waals surface area (Å²) in [5.74, 6) is 0.162. The predicted molar refractivity (Wildman–Crippen MR) is 83.6 cm³/mol. The lowest BCUT2D eigenvalue weighted by atomic mass is 10.1. The Balaban J connectivity index is 2.06. The molecule has 8 heteroatoms. The lowest BCUT2D eigenvalue weighted by Gasteiger charge is -2.39. The Morgan fingerprint density at radius 1 is 1.26 bits per heavy atom. The highest BCUT2D eigenvalue weighted by molar-refractivity contribution is 5.94. The maximum Gasteiger partial charge on any atom is 0.350 e. The minimum absolute atomic E-state index is 0.0312. The predicted octanol–water partition coefficient (Wildman–Crippen LogP) is 0.289. The van der Waals surface area contributed by atoms with Crippen molar-refractivity contribution < 1.29 is 9.13 Å². The number of pyridine rings is 1. The van der Waals surface area contributed by atoms with Gasteiger partial charge in [0.1, 0.15) is 17.8 Å². The van der Waals surface area contributed by atoms with Gasteiger partial charge in [-0.25, -0.2) is 14.2 Å². The number of aryl methyl sites for hydroxylation is 2. The molecule has 0 N–H and O–H groups in total. The fraction of sp³-hybridized carbons (Fsp3) is 0.533. The minimum Gasteiger partial charge on any atom is -0.487 e. The van der Waals surface area contributed by atoms with E-state index in [0.717, 1.165) is 13.1 Å². The maximum atomic E-state index is 14.6. The molecule has 2 aliphatic rings. The SMILES string of the molecule is Cc1nc2c3c(nc(=O)n2C)N2CCN(C)CC2COc3c1F. The second kappa shape index (κ2) is 4.89. The molecule has 122 valence electrons. The van der Waals surface area contributed by atoms with E-state index in [-0.39, 0.29) is 17.5 Å². The highest BCUT2D eigenvalue weighted by atomic mass is 19.1. The molecule has 0 radical (unpaired) electrons. The summed E-state index contributed by atoms with van der Waals surface area (Å²) in [4.78, 5) is 24.9. The van der Waals surface area contributed by atoms with Gasteiger partial charge in [-0.1, -0.05) is 0 Å². The van der Waals surface area contributed by atoms with E-state index in [1.54, 1.807) is 14.0 Å². The highest BCUT2D eigenvalue weighted by Gasteiger charge is 2.34. The Bertz CT molecular complexity index is 865. The molecule has 0 bridgehead atoms. The first-order chi connectivity index (χ1) is 11.0. The van der Waals surface area contributed by atoms with Gasteiger partial charge in [0.25, 0.3) is 0 Å². The first-order valence-corrected chi connectivity index (χ1v) is 7.62. The van der Waals surface area contributed by atoms with Crippen LogP contribution < -0.4 is 15.3 Å². The van der Waals surface area contributed by atoms with Crippen molar-refractivity contribution in [3.63, 3.8) is 0 Å². The number of piperazine rings is 1. The Kier molecular flexibility index (Phi) is 3.06. The zero-order chi connectivity index (χ0) is 16.3. The van der Waals surface area contributed by atoms with Crippen LogP contribution in [0.1, 0.15) is 5.69 Å².